The summed E-state index contributed by atoms with van der Waals surface area (Å²) in [6.07, 6.45) is -10.8. The van der Waals surface area contributed by atoms with E-state index in [0.717, 1.165) is 23.9 Å². The molecule has 0 bridgehead atoms. The average Bonchev–Trinajstić information content (AvgIpc) is 2.69. The standard InChI is InChI=1S/C21H18Cl2F6N2O2S/c1-11-4-12(2-3-17(11)34-9-18(32)31-10-20(24,25)26)16(30)8-19(33,21(27,28)29)13-5-14(22)7-15(23)6-13/h2-7,30,33H,8-10H2,1H3,(H,31,32)/t19-/m0/s1. The van der Waals surface area contributed by atoms with Crippen LogP contribution < -0.4 is 5.32 Å². The Morgan fingerprint density at radius 3 is 2.15 bits per heavy atom. The van der Waals surface area contributed by atoms with Gasteiger partial charge < -0.3 is 15.8 Å². The first kappa shape index (κ1) is 28.3. The summed E-state index contributed by atoms with van der Waals surface area (Å²) in [5.74, 6) is -1.15. The molecule has 4 nitrogen and oxygen atoms in total. The highest BCUT2D eigenvalue weighted by Crippen LogP contribution is 2.44. The van der Waals surface area contributed by atoms with Crippen molar-refractivity contribution in [1.29, 1.82) is 5.41 Å². The van der Waals surface area contributed by atoms with Gasteiger partial charge in [-0.15, -0.1) is 11.8 Å². The molecule has 186 valence electrons. The summed E-state index contributed by atoms with van der Waals surface area (Å²) < 4.78 is 78.0. The van der Waals surface area contributed by atoms with Gasteiger partial charge in [0.05, 0.1) is 5.75 Å². The fourth-order valence-corrected chi connectivity index (χ4v) is 4.27. The van der Waals surface area contributed by atoms with Gasteiger partial charge in [0.25, 0.3) is 0 Å². The molecular formula is C21H18Cl2F6N2O2S. The molecule has 0 unspecified atom stereocenters. The summed E-state index contributed by atoms with van der Waals surface area (Å²) in [7, 11) is 0. The SMILES string of the molecule is Cc1cc(C(=N)C[C@](O)(c2cc(Cl)cc(Cl)c2)C(F)(F)F)ccc1SCC(=O)NCC(F)(F)F. The van der Waals surface area contributed by atoms with Crippen LogP contribution in [0.1, 0.15) is 23.1 Å². The van der Waals surface area contributed by atoms with Gasteiger partial charge in [0.2, 0.25) is 5.91 Å². The van der Waals surface area contributed by atoms with E-state index in [1.165, 1.54) is 24.3 Å². The third kappa shape index (κ3) is 7.53. The third-order valence-electron chi connectivity index (χ3n) is 4.61. The van der Waals surface area contributed by atoms with Crippen molar-refractivity contribution >= 4 is 46.6 Å². The number of alkyl halides is 6. The number of hydrogen-bond acceptors (Lipinski definition) is 4. The summed E-state index contributed by atoms with van der Waals surface area (Å²) in [5, 5.41) is 20.2. The van der Waals surface area contributed by atoms with Gasteiger partial charge in [-0.3, -0.25) is 4.79 Å². The van der Waals surface area contributed by atoms with Crippen molar-refractivity contribution < 1.29 is 36.2 Å². The van der Waals surface area contributed by atoms with Gasteiger partial charge in [0.15, 0.2) is 5.60 Å². The van der Waals surface area contributed by atoms with E-state index in [0.29, 0.717) is 10.5 Å². The first-order chi connectivity index (χ1) is 15.5. The van der Waals surface area contributed by atoms with Gasteiger partial charge in [-0.25, -0.2) is 0 Å². The van der Waals surface area contributed by atoms with E-state index in [1.54, 1.807) is 12.2 Å². The zero-order chi connectivity index (χ0) is 25.9. The van der Waals surface area contributed by atoms with Crippen molar-refractivity contribution in [3.05, 3.63) is 63.1 Å². The zero-order valence-electron chi connectivity index (χ0n) is 17.4. The zero-order valence-corrected chi connectivity index (χ0v) is 19.7. The molecule has 0 aliphatic rings. The maximum Gasteiger partial charge on any atom is 0.421 e. The van der Waals surface area contributed by atoms with Crippen molar-refractivity contribution in [3.8, 4) is 0 Å². The summed E-state index contributed by atoms with van der Waals surface area (Å²) >= 11 is 12.5. The molecule has 0 saturated carbocycles. The Hall–Kier alpha value is -1.95. The van der Waals surface area contributed by atoms with E-state index in [9.17, 15) is 36.2 Å². The Balaban J connectivity index is 2.18. The highest BCUT2D eigenvalue weighted by atomic mass is 35.5. The van der Waals surface area contributed by atoms with Gasteiger partial charge >= 0.3 is 12.4 Å². The first-order valence-corrected chi connectivity index (χ1v) is 11.2. The topological polar surface area (TPSA) is 73.2 Å². The molecule has 0 radical (unpaired) electrons. The molecule has 2 aromatic carbocycles. The first-order valence-electron chi connectivity index (χ1n) is 9.42. The third-order valence-corrected chi connectivity index (χ3v) is 6.22. The Bertz CT molecular complexity index is 1060. The molecular weight excluding hydrogens is 529 g/mol. The second kappa shape index (κ2) is 10.8. The van der Waals surface area contributed by atoms with E-state index >= 15 is 0 Å². The van der Waals surface area contributed by atoms with E-state index in [-0.39, 0.29) is 21.4 Å². The van der Waals surface area contributed by atoms with Crippen molar-refractivity contribution in [2.75, 3.05) is 12.3 Å². The number of rotatable bonds is 8. The molecule has 34 heavy (non-hydrogen) atoms. The molecule has 1 atom stereocenters. The molecule has 0 aliphatic heterocycles. The monoisotopic (exact) mass is 546 g/mol. The van der Waals surface area contributed by atoms with Crippen LogP contribution in [0.25, 0.3) is 0 Å². The van der Waals surface area contributed by atoms with Gasteiger partial charge in [-0.05, 0) is 53.9 Å². The fraction of sp³-hybridized carbons (Fsp3) is 0.333. The van der Waals surface area contributed by atoms with E-state index in [1.807, 2.05) is 0 Å². The summed E-state index contributed by atoms with van der Waals surface area (Å²) in [6.45, 7) is 0.112. The lowest BCUT2D eigenvalue weighted by Crippen LogP contribution is -2.44. The summed E-state index contributed by atoms with van der Waals surface area (Å²) in [5.41, 5.74) is -4.01. The fourth-order valence-electron chi connectivity index (χ4n) is 2.91. The number of aryl methyl sites for hydroxylation is 1. The minimum absolute atomic E-state index is 0.0826. The van der Waals surface area contributed by atoms with E-state index in [4.69, 9.17) is 28.6 Å². The molecule has 2 rings (SSSR count). The normalized spacial score (nSPS) is 13.9. The van der Waals surface area contributed by atoms with Crippen LogP contribution in [0.2, 0.25) is 10.0 Å². The minimum atomic E-state index is -5.15. The number of benzene rings is 2. The molecule has 3 N–H and O–H groups in total. The number of thioether (sulfide) groups is 1. The molecule has 0 saturated heterocycles. The number of hydrogen-bond donors (Lipinski definition) is 3. The highest BCUT2D eigenvalue weighted by molar-refractivity contribution is 8.00. The van der Waals surface area contributed by atoms with Crippen LogP contribution in [0, 0.1) is 12.3 Å². The van der Waals surface area contributed by atoms with Crippen molar-refractivity contribution in [2.24, 2.45) is 0 Å². The summed E-state index contributed by atoms with van der Waals surface area (Å²) in [6, 6.07) is 7.20. The Morgan fingerprint density at radius 2 is 1.65 bits per heavy atom. The number of halogens is 8. The summed E-state index contributed by atoms with van der Waals surface area (Å²) in [4.78, 5) is 12.1. The minimum Gasteiger partial charge on any atom is -0.376 e. The maximum atomic E-state index is 13.8. The van der Waals surface area contributed by atoms with E-state index in [2.05, 4.69) is 0 Å². The van der Waals surface area contributed by atoms with Crippen LogP contribution in [0.15, 0.2) is 41.3 Å². The second-order valence-electron chi connectivity index (χ2n) is 7.33. The van der Waals surface area contributed by atoms with Crippen LogP contribution >= 0.6 is 35.0 Å². The van der Waals surface area contributed by atoms with Gasteiger partial charge in [-0.2, -0.15) is 26.3 Å². The molecule has 2 aromatic rings. The number of carbonyl (C=O) groups is 1. The van der Waals surface area contributed by atoms with E-state index < -0.39 is 48.1 Å². The Labute approximate surface area is 205 Å². The van der Waals surface area contributed by atoms with Crippen LogP contribution in [-0.2, 0) is 10.4 Å². The predicted octanol–water partition coefficient (Wildman–Crippen LogP) is 6.28. The predicted molar refractivity (Wildman–Crippen MR) is 119 cm³/mol. The van der Waals surface area contributed by atoms with Gasteiger partial charge in [0.1, 0.15) is 6.54 Å². The quantitative estimate of drug-likeness (QED) is 0.207. The van der Waals surface area contributed by atoms with Crippen LogP contribution in [-0.4, -0.2) is 41.4 Å². The Kier molecular flexibility index (Phi) is 8.95. The lowest BCUT2D eigenvalue weighted by atomic mass is 9.85. The van der Waals surface area contributed by atoms with Gasteiger partial charge in [-0.1, -0.05) is 29.3 Å². The van der Waals surface area contributed by atoms with Crippen LogP contribution in [0.4, 0.5) is 26.3 Å². The lowest BCUT2D eigenvalue weighted by Gasteiger charge is -2.31. The van der Waals surface area contributed by atoms with Crippen LogP contribution in [0.5, 0.6) is 0 Å². The largest absolute Gasteiger partial charge is 0.421 e. The molecule has 0 aliphatic carbocycles. The molecule has 0 heterocycles. The lowest BCUT2D eigenvalue weighted by molar-refractivity contribution is -0.263. The van der Waals surface area contributed by atoms with Crippen molar-refractivity contribution in [2.45, 2.75) is 36.2 Å². The maximum absolute atomic E-state index is 13.8. The molecule has 13 heteroatoms. The Morgan fingerprint density at radius 1 is 1.06 bits per heavy atom. The van der Waals surface area contributed by atoms with Crippen molar-refractivity contribution in [3.63, 3.8) is 0 Å². The highest BCUT2D eigenvalue weighted by Gasteiger charge is 2.55. The molecule has 0 aromatic heterocycles. The smallest absolute Gasteiger partial charge is 0.376 e. The van der Waals surface area contributed by atoms with Crippen molar-refractivity contribution in [1.82, 2.24) is 5.32 Å². The molecule has 0 spiro atoms. The number of nitrogens with one attached hydrogen (secondary N) is 2. The van der Waals surface area contributed by atoms with Crippen LogP contribution in [0.3, 0.4) is 0 Å². The molecule has 0 fully saturated rings. The molecule has 1 amide bonds. The number of amides is 1. The number of carbonyl (C=O) groups excluding carboxylic acids is 1. The second-order valence-corrected chi connectivity index (χ2v) is 9.22. The average molecular weight is 547 g/mol. The number of aliphatic hydroxyl groups is 1. The van der Waals surface area contributed by atoms with Gasteiger partial charge in [0, 0.05) is 27.1 Å².